The predicted molar refractivity (Wildman–Crippen MR) is 145 cm³/mol. The summed E-state index contributed by atoms with van der Waals surface area (Å²) in [5.41, 5.74) is 1.52. The zero-order valence-electron chi connectivity index (χ0n) is 21.9. The summed E-state index contributed by atoms with van der Waals surface area (Å²) in [6.45, 7) is 6.37. The smallest absolute Gasteiger partial charge is 0.313 e. The molecule has 1 aliphatic rings. The minimum Gasteiger partial charge on any atom is -0.481 e. The Labute approximate surface area is 220 Å². The first-order valence-corrected chi connectivity index (χ1v) is 13.4. The van der Waals surface area contributed by atoms with Crippen LogP contribution in [0.5, 0.6) is 0 Å². The topological polar surface area (TPSA) is 82.2 Å². The Morgan fingerprint density at radius 2 is 1.38 bits per heavy atom. The molecule has 0 spiro atoms. The molecule has 1 fully saturated rings. The number of aliphatic hydroxyl groups excluding tert-OH is 1. The van der Waals surface area contributed by atoms with E-state index in [2.05, 4.69) is 0 Å². The fraction of sp³-hybridized carbons (Fsp3) is 0.406. The van der Waals surface area contributed by atoms with E-state index in [-0.39, 0.29) is 5.92 Å². The van der Waals surface area contributed by atoms with E-state index in [1.54, 1.807) is 13.8 Å². The number of hydrogen-bond donors (Lipinski definition) is 4. The molecule has 5 nitrogen and oxygen atoms in total. The van der Waals surface area contributed by atoms with E-state index in [0.29, 0.717) is 6.42 Å². The molecule has 0 bridgehead atoms. The molecule has 196 valence electrons. The van der Waals surface area contributed by atoms with Gasteiger partial charge in [-0.3, -0.25) is 4.79 Å². The van der Waals surface area contributed by atoms with Crippen LogP contribution in [0.1, 0.15) is 67.9 Å². The van der Waals surface area contributed by atoms with Crippen molar-refractivity contribution in [2.75, 3.05) is 19.6 Å². The third-order valence-corrected chi connectivity index (χ3v) is 8.27. The van der Waals surface area contributed by atoms with Crippen LogP contribution in [-0.4, -0.2) is 40.9 Å². The Morgan fingerprint density at radius 1 is 0.865 bits per heavy atom. The van der Waals surface area contributed by atoms with Gasteiger partial charge in [0.1, 0.15) is 5.60 Å². The zero-order valence-corrected chi connectivity index (χ0v) is 21.9. The molecule has 1 saturated heterocycles. The van der Waals surface area contributed by atoms with Gasteiger partial charge in [0.2, 0.25) is 0 Å². The third-order valence-electron chi connectivity index (χ3n) is 8.27. The first-order chi connectivity index (χ1) is 17.7. The quantitative estimate of drug-likeness (QED) is 0.337. The number of rotatable bonds is 10. The summed E-state index contributed by atoms with van der Waals surface area (Å²) < 4.78 is 0. The van der Waals surface area contributed by atoms with Gasteiger partial charge in [0.25, 0.3) is 0 Å². The molecule has 5 heteroatoms. The minimum atomic E-state index is -0.994. The van der Waals surface area contributed by atoms with E-state index in [0.717, 1.165) is 61.2 Å². The van der Waals surface area contributed by atoms with Crippen LogP contribution in [0.15, 0.2) is 84.9 Å². The number of carboxylic acid groups (broad SMARTS) is 1. The lowest BCUT2D eigenvalue weighted by Crippen LogP contribution is -3.13. The molecule has 1 aliphatic heterocycles. The summed E-state index contributed by atoms with van der Waals surface area (Å²) in [5, 5.41) is 32.2. The lowest BCUT2D eigenvalue weighted by Gasteiger charge is -2.41. The Hall–Kier alpha value is -2.99. The standard InChI is InChI=1S/C32H39NO4/c1-31(2,30(35)36)25-17-15-24(16-18-25)29(34)14-9-21-33-22-19-28(20-23-33)32(37,26-10-5-3-6-11-26)27-12-7-4-8-13-27/h3-8,10-13,15-18,28-29,34,37H,9,14,19-23H2,1-2H3,(H,35,36)/p+1. The van der Waals surface area contributed by atoms with Crippen molar-refractivity contribution in [2.24, 2.45) is 5.92 Å². The van der Waals surface area contributed by atoms with Crippen LogP contribution < -0.4 is 4.90 Å². The summed E-state index contributed by atoms with van der Waals surface area (Å²) in [6.07, 6.45) is 2.91. The van der Waals surface area contributed by atoms with Crippen molar-refractivity contribution in [1.82, 2.24) is 0 Å². The van der Waals surface area contributed by atoms with Crippen molar-refractivity contribution >= 4 is 5.97 Å². The zero-order chi connectivity index (χ0) is 26.5. The highest BCUT2D eigenvalue weighted by molar-refractivity contribution is 5.80. The van der Waals surface area contributed by atoms with Crippen LogP contribution in [-0.2, 0) is 15.8 Å². The number of quaternary nitrogens is 1. The molecule has 1 heterocycles. The van der Waals surface area contributed by atoms with E-state index >= 15 is 0 Å². The van der Waals surface area contributed by atoms with Gasteiger partial charge in [0.15, 0.2) is 0 Å². The SMILES string of the molecule is CC(C)(C(=O)O)c1ccc(C(O)CCC[NH+]2CCC(C(O)(c3ccccc3)c3ccccc3)CC2)cc1. The summed E-state index contributed by atoms with van der Waals surface area (Å²) in [5.74, 6) is -0.710. The van der Waals surface area contributed by atoms with Crippen molar-refractivity contribution in [3.63, 3.8) is 0 Å². The highest BCUT2D eigenvalue weighted by Gasteiger charge is 2.42. The molecule has 0 amide bonds. The maximum atomic E-state index is 12.1. The Balaban J connectivity index is 1.31. The largest absolute Gasteiger partial charge is 0.481 e. The second kappa shape index (κ2) is 11.6. The van der Waals surface area contributed by atoms with Crippen molar-refractivity contribution in [2.45, 2.75) is 56.7 Å². The van der Waals surface area contributed by atoms with Gasteiger partial charge >= 0.3 is 5.97 Å². The van der Waals surface area contributed by atoms with E-state index in [4.69, 9.17) is 0 Å². The highest BCUT2D eigenvalue weighted by Crippen LogP contribution is 2.40. The number of benzene rings is 3. The number of piperidine rings is 1. The molecule has 3 aromatic rings. The van der Waals surface area contributed by atoms with Gasteiger partial charge in [-0.25, -0.2) is 0 Å². The molecule has 4 N–H and O–H groups in total. The molecule has 0 saturated carbocycles. The molecule has 1 unspecified atom stereocenters. The molecular weight excluding hydrogens is 462 g/mol. The van der Waals surface area contributed by atoms with Crippen molar-refractivity contribution in [1.29, 1.82) is 0 Å². The Morgan fingerprint density at radius 3 is 1.86 bits per heavy atom. The third kappa shape index (κ3) is 5.96. The van der Waals surface area contributed by atoms with Crippen LogP contribution in [0.4, 0.5) is 0 Å². The second-order valence-electron chi connectivity index (χ2n) is 11.0. The molecule has 1 atom stereocenters. The number of likely N-dealkylation sites (tertiary alicyclic amines) is 1. The van der Waals surface area contributed by atoms with Crippen LogP contribution in [0.25, 0.3) is 0 Å². The van der Waals surface area contributed by atoms with E-state index < -0.39 is 23.1 Å². The van der Waals surface area contributed by atoms with Gasteiger partial charge in [-0.2, -0.15) is 0 Å². The first-order valence-electron chi connectivity index (χ1n) is 13.4. The molecule has 37 heavy (non-hydrogen) atoms. The molecule has 0 radical (unpaired) electrons. The van der Waals surface area contributed by atoms with Crippen LogP contribution in [0.2, 0.25) is 0 Å². The average molecular weight is 503 g/mol. The number of carboxylic acids is 1. The van der Waals surface area contributed by atoms with E-state index in [9.17, 15) is 20.1 Å². The number of hydrogen-bond acceptors (Lipinski definition) is 3. The van der Waals surface area contributed by atoms with E-state index in [1.807, 2.05) is 84.9 Å². The second-order valence-corrected chi connectivity index (χ2v) is 11.0. The van der Waals surface area contributed by atoms with Crippen molar-refractivity contribution in [3.05, 3.63) is 107 Å². The monoisotopic (exact) mass is 502 g/mol. The lowest BCUT2D eigenvalue weighted by atomic mass is 9.72. The summed E-state index contributed by atoms with van der Waals surface area (Å²) in [7, 11) is 0. The maximum Gasteiger partial charge on any atom is 0.313 e. The van der Waals surface area contributed by atoms with Gasteiger partial charge in [0.05, 0.1) is 31.2 Å². The summed E-state index contributed by atoms with van der Waals surface area (Å²) in [4.78, 5) is 13.0. The van der Waals surface area contributed by atoms with Crippen LogP contribution >= 0.6 is 0 Å². The van der Waals surface area contributed by atoms with Gasteiger partial charge in [-0.15, -0.1) is 0 Å². The van der Waals surface area contributed by atoms with Crippen LogP contribution in [0, 0.1) is 5.92 Å². The lowest BCUT2D eigenvalue weighted by molar-refractivity contribution is -0.906. The number of carbonyl (C=O) groups is 1. The number of nitrogens with one attached hydrogen (secondary N) is 1. The summed E-state index contributed by atoms with van der Waals surface area (Å²) >= 11 is 0. The fourth-order valence-corrected chi connectivity index (χ4v) is 5.67. The van der Waals surface area contributed by atoms with E-state index in [1.165, 1.54) is 4.90 Å². The van der Waals surface area contributed by atoms with Gasteiger partial charge < -0.3 is 20.2 Å². The Bertz CT molecular complexity index is 1100. The van der Waals surface area contributed by atoms with Gasteiger partial charge in [-0.05, 0) is 48.9 Å². The Kier molecular flexibility index (Phi) is 8.48. The van der Waals surface area contributed by atoms with Gasteiger partial charge in [-0.1, -0.05) is 84.9 Å². The molecule has 3 aromatic carbocycles. The molecule has 4 rings (SSSR count). The maximum absolute atomic E-state index is 12.1. The molecular formula is C32H40NO4+. The minimum absolute atomic E-state index is 0.153. The summed E-state index contributed by atoms with van der Waals surface area (Å²) in [6, 6.07) is 27.4. The average Bonchev–Trinajstić information content (AvgIpc) is 2.94. The first kappa shape index (κ1) is 27.1. The normalized spacial score (nSPS) is 19.4. The van der Waals surface area contributed by atoms with Crippen molar-refractivity contribution in [3.8, 4) is 0 Å². The number of aliphatic hydroxyl groups is 2. The fourth-order valence-electron chi connectivity index (χ4n) is 5.67. The highest BCUT2D eigenvalue weighted by atomic mass is 16.4. The van der Waals surface area contributed by atoms with Crippen molar-refractivity contribution < 1.29 is 25.0 Å². The van der Waals surface area contributed by atoms with Crippen LogP contribution in [0.3, 0.4) is 0 Å². The molecule has 0 aliphatic carbocycles. The number of aliphatic carboxylic acids is 1. The predicted octanol–water partition coefficient (Wildman–Crippen LogP) is 4.09. The molecule has 0 aromatic heterocycles. The van der Waals surface area contributed by atoms with Gasteiger partial charge in [0, 0.05) is 18.8 Å².